The molecule has 0 unspecified atom stereocenters. The molecular weight excluding hydrogens is 395 g/mol. The van der Waals surface area contributed by atoms with E-state index < -0.39 is 6.04 Å². The molecule has 4 aliphatic carbocycles. The number of nitrogens with one attached hydrogen (secondary N) is 1. The summed E-state index contributed by atoms with van der Waals surface area (Å²) in [7, 11) is 0. The summed E-state index contributed by atoms with van der Waals surface area (Å²) >= 11 is 12.2. The number of anilines is 1. The van der Waals surface area contributed by atoms with Gasteiger partial charge < -0.3 is 10.2 Å². The van der Waals surface area contributed by atoms with Crippen LogP contribution in [-0.4, -0.2) is 29.3 Å². The third kappa shape index (κ3) is 3.13. The van der Waals surface area contributed by atoms with E-state index in [2.05, 4.69) is 5.32 Å². The van der Waals surface area contributed by atoms with Crippen molar-refractivity contribution in [1.29, 1.82) is 0 Å². The maximum atomic E-state index is 13.7. The largest absolute Gasteiger partial charge is 0.330 e. The van der Waals surface area contributed by atoms with E-state index in [1.807, 2.05) is 4.90 Å². The predicted octanol–water partition coefficient (Wildman–Crippen LogP) is 5.14. The smallest absolute Gasteiger partial charge is 0.247 e. The molecule has 1 N–H and O–H groups in total. The average molecular weight is 421 g/mol. The Morgan fingerprint density at radius 3 is 2.32 bits per heavy atom. The van der Waals surface area contributed by atoms with Crippen LogP contribution in [0.3, 0.4) is 0 Å². The lowest BCUT2D eigenvalue weighted by Gasteiger charge is -2.56. The van der Waals surface area contributed by atoms with Gasteiger partial charge in [0.05, 0.1) is 16.1 Å². The van der Waals surface area contributed by atoms with Crippen LogP contribution < -0.4 is 5.32 Å². The highest BCUT2D eigenvalue weighted by molar-refractivity contribution is 6.35. The molecule has 1 atom stereocenters. The fourth-order valence-corrected chi connectivity index (χ4v) is 7.11. The van der Waals surface area contributed by atoms with Crippen molar-refractivity contribution >= 4 is 40.7 Å². The summed E-state index contributed by atoms with van der Waals surface area (Å²) in [6, 6.07) is 4.61. The van der Waals surface area contributed by atoms with Gasteiger partial charge >= 0.3 is 0 Å². The third-order valence-corrected chi connectivity index (χ3v) is 8.06. The Morgan fingerprint density at radius 2 is 1.68 bits per heavy atom. The minimum absolute atomic E-state index is 0.153. The fourth-order valence-electron chi connectivity index (χ4n) is 6.77. The first-order valence-corrected chi connectivity index (χ1v) is 11.3. The van der Waals surface area contributed by atoms with Crippen LogP contribution in [0.2, 0.25) is 10.0 Å². The van der Waals surface area contributed by atoms with Crippen LogP contribution in [0.25, 0.3) is 0 Å². The van der Waals surface area contributed by atoms with Crippen molar-refractivity contribution in [2.24, 2.45) is 23.2 Å². The van der Waals surface area contributed by atoms with Gasteiger partial charge in [0.25, 0.3) is 0 Å². The molecule has 0 radical (unpaired) electrons. The number of carbonyl (C=O) groups is 2. The highest BCUT2D eigenvalue weighted by Gasteiger charge is 2.56. The quantitative estimate of drug-likeness (QED) is 0.735. The van der Waals surface area contributed by atoms with E-state index >= 15 is 0 Å². The first-order valence-electron chi connectivity index (χ1n) is 10.5. The van der Waals surface area contributed by atoms with Crippen molar-refractivity contribution < 1.29 is 9.59 Å². The van der Waals surface area contributed by atoms with Gasteiger partial charge in [0.2, 0.25) is 11.8 Å². The summed E-state index contributed by atoms with van der Waals surface area (Å²) in [5, 5.41) is 3.88. The minimum Gasteiger partial charge on any atom is -0.330 e. The molecule has 1 aliphatic heterocycles. The molecule has 1 aromatic carbocycles. The number of halogens is 2. The average Bonchev–Trinajstić information content (AvgIpc) is 3.12. The first kappa shape index (κ1) is 18.7. The Kier molecular flexibility index (Phi) is 4.63. The van der Waals surface area contributed by atoms with Gasteiger partial charge in [0, 0.05) is 11.6 Å². The van der Waals surface area contributed by atoms with E-state index in [-0.39, 0.29) is 17.2 Å². The number of benzene rings is 1. The van der Waals surface area contributed by atoms with Crippen molar-refractivity contribution in [3.05, 3.63) is 28.2 Å². The number of carbonyl (C=O) groups excluding carboxylic acids is 2. The van der Waals surface area contributed by atoms with Gasteiger partial charge in [-0.3, -0.25) is 9.59 Å². The van der Waals surface area contributed by atoms with Gasteiger partial charge in [-0.25, -0.2) is 0 Å². The second-order valence-corrected chi connectivity index (χ2v) is 10.3. The molecule has 5 aliphatic rings. The third-order valence-electron chi connectivity index (χ3n) is 7.49. The Morgan fingerprint density at radius 1 is 1.04 bits per heavy atom. The molecule has 6 heteroatoms. The Hall–Kier alpha value is -1.26. The maximum Gasteiger partial charge on any atom is 0.247 e. The van der Waals surface area contributed by atoms with Crippen LogP contribution in [-0.2, 0) is 9.59 Å². The van der Waals surface area contributed by atoms with E-state index in [0.29, 0.717) is 28.7 Å². The number of rotatable bonds is 3. The van der Waals surface area contributed by atoms with Crippen LogP contribution >= 0.6 is 23.2 Å². The second kappa shape index (κ2) is 6.91. The molecular formula is C22H26Cl2N2O2. The molecule has 4 bridgehead atoms. The van der Waals surface area contributed by atoms with Crippen LogP contribution in [0, 0.1) is 23.2 Å². The van der Waals surface area contributed by atoms with Gasteiger partial charge in [-0.15, -0.1) is 0 Å². The van der Waals surface area contributed by atoms with Gasteiger partial charge in [-0.05, 0) is 87.3 Å². The normalized spacial score (nSPS) is 36.0. The zero-order valence-electron chi connectivity index (χ0n) is 15.9. The van der Waals surface area contributed by atoms with E-state index in [4.69, 9.17) is 23.2 Å². The summed E-state index contributed by atoms with van der Waals surface area (Å²) in [5.74, 6) is 2.24. The summed E-state index contributed by atoms with van der Waals surface area (Å²) in [6.45, 7) is 0.682. The number of hydrogen-bond donors (Lipinski definition) is 1. The molecule has 1 heterocycles. The molecule has 2 amide bonds. The summed E-state index contributed by atoms with van der Waals surface area (Å²) in [5.41, 5.74) is 0.305. The SMILES string of the molecule is O=C(Nc1cc(Cl)ccc1Cl)[C@@H]1CCCN1C(=O)C12CC3CC(CC(C3)C1)C2. The highest BCUT2D eigenvalue weighted by Crippen LogP contribution is 2.60. The van der Waals surface area contributed by atoms with Gasteiger partial charge in [-0.2, -0.15) is 0 Å². The predicted molar refractivity (Wildman–Crippen MR) is 110 cm³/mol. The van der Waals surface area contributed by atoms with Crippen molar-refractivity contribution in [3.8, 4) is 0 Å². The lowest BCUT2D eigenvalue weighted by molar-refractivity contribution is -0.160. The van der Waals surface area contributed by atoms with Gasteiger partial charge in [-0.1, -0.05) is 23.2 Å². The van der Waals surface area contributed by atoms with Crippen molar-refractivity contribution in [2.75, 3.05) is 11.9 Å². The Labute approximate surface area is 175 Å². The van der Waals surface area contributed by atoms with E-state index in [1.54, 1.807) is 18.2 Å². The Balaban J connectivity index is 1.34. The second-order valence-electron chi connectivity index (χ2n) is 9.47. The molecule has 6 rings (SSSR count). The van der Waals surface area contributed by atoms with Crippen molar-refractivity contribution in [1.82, 2.24) is 4.90 Å². The number of nitrogens with zero attached hydrogens (tertiary/aromatic N) is 1. The molecule has 0 spiro atoms. The zero-order chi connectivity index (χ0) is 19.5. The van der Waals surface area contributed by atoms with Gasteiger partial charge in [0.15, 0.2) is 0 Å². The molecule has 0 aromatic heterocycles. The summed E-state index contributed by atoms with van der Waals surface area (Å²) < 4.78 is 0. The summed E-state index contributed by atoms with van der Waals surface area (Å²) in [4.78, 5) is 28.6. The van der Waals surface area contributed by atoms with Gasteiger partial charge in [0.1, 0.15) is 6.04 Å². The fraction of sp³-hybridized carbons (Fsp3) is 0.636. The molecule has 5 fully saturated rings. The van der Waals surface area contributed by atoms with Crippen LogP contribution in [0.15, 0.2) is 18.2 Å². The number of hydrogen-bond acceptors (Lipinski definition) is 2. The lowest BCUT2D eigenvalue weighted by atomic mass is 9.49. The molecule has 4 nitrogen and oxygen atoms in total. The van der Waals surface area contributed by atoms with E-state index in [1.165, 1.54) is 19.3 Å². The van der Waals surface area contributed by atoms with Crippen molar-refractivity contribution in [3.63, 3.8) is 0 Å². The number of likely N-dealkylation sites (tertiary alicyclic amines) is 1. The van der Waals surface area contributed by atoms with Crippen LogP contribution in [0.4, 0.5) is 5.69 Å². The monoisotopic (exact) mass is 420 g/mol. The highest BCUT2D eigenvalue weighted by atomic mass is 35.5. The lowest BCUT2D eigenvalue weighted by Crippen LogP contribution is -2.56. The molecule has 28 heavy (non-hydrogen) atoms. The van der Waals surface area contributed by atoms with E-state index in [9.17, 15) is 9.59 Å². The standard InChI is InChI=1S/C22H26Cl2N2O2/c23-16-3-4-17(24)18(9-16)25-20(27)19-2-1-5-26(19)21(28)22-10-13-6-14(11-22)8-15(7-13)12-22/h3-4,9,13-15,19H,1-2,5-8,10-12H2,(H,25,27)/t13?,14?,15?,19-,22?/m0/s1. The molecule has 4 saturated carbocycles. The first-order chi connectivity index (χ1) is 13.4. The summed E-state index contributed by atoms with van der Waals surface area (Å²) in [6.07, 6.45) is 8.60. The van der Waals surface area contributed by atoms with Crippen molar-refractivity contribution in [2.45, 2.75) is 57.4 Å². The Bertz CT molecular complexity index is 789. The van der Waals surface area contributed by atoms with Crippen LogP contribution in [0.5, 0.6) is 0 Å². The zero-order valence-corrected chi connectivity index (χ0v) is 17.4. The molecule has 150 valence electrons. The minimum atomic E-state index is -0.407. The maximum absolute atomic E-state index is 13.7. The van der Waals surface area contributed by atoms with Crippen LogP contribution in [0.1, 0.15) is 51.4 Å². The number of amides is 2. The molecule has 1 saturated heterocycles. The topological polar surface area (TPSA) is 49.4 Å². The van der Waals surface area contributed by atoms with E-state index in [0.717, 1.165) is 43.4 Å². The molecule has 1 aromatic rings.